The molecular weight excluding hydrogens is 410 g/mol. The first-order chi connectivity index (χ1) is 14.3. The summed E-state index contributed by atoms with van der Waals surface area (Å²) in [7, 11) is 0. The molecule has 0 aliphatic carbocycles. The van der Waals surface area contributed by atoms with E-state index in [1.54, 1.807) is 0 Å². The molecule has 0 saturated carbocycles. The first-order valence-corrected chi connectivity index (χ1v) is 9.74. The largest absolute Gasteiger partial charge is 0.519 e. The van der Waals surface area contributed by atoms with Gasteiger partial charge in [-0.1, -0.05) is 48.0 Å². The van der Waals surface area contributed by atoms with Crippen molar-refractivity contribution in [2.45, 2.75) is 38.5 Å². The lowest BCUT2D eigenvalue weighted by molar-refractivity contribution is -0.156. The highest BCUT2D eigenvalue weighted by Gasteiger charge is 2.21. The van der Waals surface area contributed by atoms with Crippen molar-refractivity contribution >= 4 is 17.6 Å². The second kappa shape index (κ2) is 9.75. The highest BCUT2D eigenvalue weighted by Crippen LogP contribution is 2.23. The van der Waals surface area contributed by atoms with Crippen LogP contribution in [0.3, 0.4) is 0 Å². The molecule has 0 aliphatic rings. The van der Waals surface area contributed by atoms with Crippen LogP contribution in [-0.2, 0) is 22.6 Å². The number of aliphatic hydroxyl groups excluding tert-OH is 1. The van der Waals surface area contributed by atoms with Gasteiger partial charge in [0.05, 0.1) is 0 Å². The van der Waals surface area contributed by atoms with Crippen LogP contribution in [-0.4, -0.2) is 23.2 Å². The molecule has 0 spiro atoms. The van der Waals surface area contributed by atoms with Gasteiger partial charge in [0.1, 0.15) is 0 Å². The van der Waals surface area contributed by atoms with Crippen LogP contribution in [0.4, 0.5) is 0 Å². The Kier molecular flexibility index (Phi) is 7.10. The van der Waals surface area contributed by atoms with Gasteiger partial charge in [-0.2, -0.15) is 0 Å². The van der Waals surface area contributed by atoms with Crippen LogP contribution in [0.2, 0.25) is 5.02 Å². The summed E-state index contributed by atoms with van der Waals surface area (Å²) >= 11 is 6.03. The SMILES string of the molecule is Cc1oc(=O)oc1COC(=O)C(O)CC(N)Cc1ccc(-c2cccc(Cl)c2)cc1. The van der Waals surface area contributed by atoms with Gasteiger partial charge in [0.2, 0.25) is 0 Å². The minimum absolute atomic E-state index is 0.0309. The number of nitrogens with two attached hydrogens (primary N) is 1. The Hall–Kier alpha value is -2.87. The molecule has 0 radical (unpaired) electrons. The van der Waals surface area contributed by atoms with Gasteiger partial charge in [-0.05, 0) is 48.6 Å². The summed E-state index contributed by atoms with van der Waals surface area (Å²) in [5.41, 5.74) is 9.11. The summed E-state index contributed by atoms with van der Waals surface area (Å²) in [6, 6.07) is 15.0. The fraction of sp³-hybridized carbons (Fsp3) is 0.273. The minimum atomic E-state index is -1.38. The van der Waals surface area contributed by atoms with Crippen molar-refractivity contribution in [2.24, 2.45) is 5.73 Å². The lowest BCUT2D eigenvalue weighted by Crippen LogP contribution is -2.33. The first kappa shape index (κ1) is 21.8. The molecule has 0 fully saturated rings. The predicted molar refractivity (Wildman–Crippen MR) is 111 cm³/mol. The van der Waals surface area contributed by atoms with Gasteiger partial charge in [-0.15, -0.1) is 0 Å². The first-order valence-electron chi connectivity index (χ1n) is 9.36. The Morgan fingerprint density at radius 2 is 1.90 bits per heavy atom. The van der Waals surface area contributed by atoms with Crippen LogP contribution in [0.5, 0.6) is 0 Å². The number of halogens is 1. The van der Waals surface area contributed by atoms with Crippen molar-refractivity contribution in [3.05, 3.63) is 81.3 Å². The van der Waals surface area contributed by atoms with Crippen molar-refractivity contribution in [2.75, 3.05) is 0 Å². The number of aliphatic hydroxyl groups is 1. The molecule has 2 atom stereocenters. The number of rotatable bonds is 8. The van der Waals surface area contributed by atoms with Crippen LogP contribution < -0.4 is 11.6 Å². The summed E-state index contributed by atoms with van der Waals surface area (Å²) in [6.45, 7) is 1.21. The van der Waals surface area contributed by atoms with Crippen molar-refractivity contribution < 1.29 is 23.5 Å². The molecular formula is C22H22ClNO6. The normalized spacial score (nSPS) is 13.1. The van der Waals surface area contributed by atoms with Crippen LogP contribution in [0, 0.1) is 6.92 Å². The molecule has 0 aliphatic heterocycles. The number of carbonyl (C=O) groups is 1. The maximum atomic E-state index is 12.0. The van der Waals surface area contributed by atoms with Crippen LogP contribution in [0.1, 0.15) is 23.5 Å². The van der Waals surface area contributed by atoms with Gasteiger partial charge in [-0.3, -0.25) is 0 Å². The molecule has 0 saturated heterocycles. The number of hydrogen-bond donors (Lipinski definition) is 2. The van der Waals surface area contributed by atoms with Gasteiger partial charge < -0.3 is 24.4 Å². The number of carbonyl (C=O) groups excluding carboxylic acids is 1. The summed E-state index contributed by atoms with van der Waals surface area (Å²) in [6.07, 6.45) is -0.872. The Bertz CT molecular complexity index is 1060. The van der Waals surface area contributed by atoms with E-state index >= 15 is 0 Å². The molecule has 8 heteroatoms. The van der Waals surface area contributed by atoms with Crippen molar-refractivity contribution in [3.8, 4) is 11.1 Å². The number of hydrogen-bond acceptors (Lipinski definition) is 7. The van der Waals surface area contributed by atoms with Crippen molar-refractivity contribution in [3.63, 3.8) is 0 Å². The van der Waals surface area contributed by atoms with E-state index in [1.165, 1.54) is 6.92 Å². The Morgan fingerprint density at radius 1 is 1.17 bits per heavy atom. The lowest BCUT2D eigenvalue weighted by Gasteiger charge is -2.16. The van der Waals surface area contributed by atoms with Crippen LogP contribution in [0.25, 0.3) is 11.1 Å². The van der Waals surface area contributed by atoms with Gasteiger partial charge in [-0.25, -0.2) is 9.59 Å². The van der Waals surface area contributed by atoms with Crippen molar-refractivity contribution in [1.82, 2.24) is 0 Å². The molecule has 3 aromatic rings. The van der Waals surface area contributed by atoms with E-state index in [4.69, 9.17) is 26.5 Å². The van der Waals surface area contributed by atoms with E-state index in [9.17, 15) is 14.7 Å². The maximum Gasteiger partial charge on any atom is 0.519 e. The molecule has 7 nitrogen and oxygen atoms in total. The van der Waals surface area contributed by atoms with Gasteiger partial charge in [0, 0.05) is 11.1 Å². The van der Waals surface area contributed by atoms with E-state index in [1.807, 2.05) is 48.5 Å². The number of aryl methyl sites for hydroxylation is 1. The van der Waals surface area contributed by atoms with E-state index in [0.29, 0.717) is 11.4 Å². The number of benzene rings is 2. The lowest BCUT2D eigenvalue weighted by atomic mass is 9.98. The molecule has 3 N–H and O–H groups in total. The third kappa shape index (κ3) is 5.82. The monoisotopic (exact) mass is 431 g/mol. The third-order valence-corrected chi connectivity index (χ3v) is 4.82. The molecule has 0 bridgehead atoms. The summed E-state index contributed by atoms with van der Waals surface area (Å²) in [4.78, 5) is 22.9. The predicted octanol–water partition coefficient (Wildman–Crippen LogP) is 3.23. The number of ether oxygens (including phenoxy) is 1. The standard InChI is InChI=1S/C22H22ClNO6/c1-13-20(30-22(27)29-13)12-28-21(26)19(25)11-18(24)9-14-5-7-15(8-6-14)16-3-2-4-17(23)10-16/h2-8,10,18-19,25H,9,11-12,24H2,1H3. The molecule has 1 heterocycles. The summed E-state index contributed by atoms with van der Waals surface area (Å²) in [5, 5.41) is 10.7. The average molecular weight is 432 g/mol. The topological polar surface area (TPSA) is 116 Å². The zero-order valence-corrected chi connectivity index (χ0v) is 17.1. The fourth-order valence-corrected chi connectivity index (χ4v) is 3.20. The Morgan fingerprint density at radius 3 is 2.53 bits per heavy atom. The second-order valence-corrected chi connectivity index (χ2v) is 7.40. The highest BCUT2D eigenvalue weighted by atomic mass is 35.5. The van der Waals surface area contributed by atoms with E-state index < -0.39 is 23.9 Å². The Balaban J connectivity index is 1.50. The molecule has 0 amide bonds. The van der Waals surface area contributed by atoms with Gasteiger partial charge in [0.25, 0.3) is 0 Å². The molecule has 158 valence electrons. The fourth-order valence-electron chi connectivity index (χ4n) is 3.01. The summed E-state index contributed by atoms with van der Waals surface area (Å²) in [5.74, 6) is -1.39. The van der Waals surface area contributed by atoms with Crippen LogP contribution in [0.15, 0.2) is 62.2 Å². The summed E-state index contributed by atoms with van der Waals surface area (Å²) < 4.78 is 14.4. The Labute approximate surface area is 178 Å². The quantitative estimate of drug-likeness (QED) is 0.526. The highest BCUT2D eigenvalue weighted by molar-refractivity contribution is 6.30. The molecule has 2 unspecified atom stereocenters. The molecule has 2 aromatic carbocycles. The number of esters is 1. The molecule has 1 aromatic heterocycles. The average Bonchev–Trinajstić information content (AvgIpc) is 3.03. The molecule has 3 rings (SSSR count). The molecule has 30 heavy (non-hydrogen) atoms. The third-order valence-electron chi connectivity index (χ3n) is 4.59. The maximum absolute atomic E-state index is 12.0. The van der Waals surface area contributed by atoms with Crippen molar-refractivity contribution in [1.29, 1.82) is 0 Å². The van der Waals surface area contributed by atoms with E-state index in [-0.39, 0.29) is 24.5 Å². The van der Waals surface area contributed by atoms with E-state index in [0.717, 1.165) is 16.7 Å². The van der Waals surface area contributed by atoms with Crippen LogP contribution >= 0.6 is 11.6 Å². The minimum Gasteiger partial charge on any atom is -0.455 e. The van der Waals surface area contributed by atoms with Gasteiger partial charge >= 0.3 is 11.8 Å². The van der Waals surface area contributed by atoms with Gasteiger partial charge in [0.15, 0.2) is 24.2 Å². The zero-order valence-electron chi connectivity index (χ0n) is 16.3. The smallest absolute Gasteiger partial charge is 0.455 e. The second-order valence-electron chi connectivity index (χ2n) is 6.96. The van der Waals surface area contributed by atoms with E-state index in [2.05, 4.69) is 4.42 Å². The zero-order chi connectivity index (χ0) is 21.7.